The minimum Gasteiger partial charge on any atom is -0.456 e. The summed E-state index contributed by atoms with van der Waals surface area (Å²) in [6, 6.07) is 10.1. The van der Waals surface area contributed by atoms with Crippen LogP contribution in [0.3, 0.4) is 0 Å². The third-order valence-electron chi connectivity index (χ3n) is 15.6. The smallest absolute Gasteiger partial charge is 0.201 e. The highest BCUT2D eigenvalue weighted by molar-refractivity contribution is 6.32. The van der Waals surface area contributed by atoms with Crippen LogP contribution in [0.2, 0.25) is 0 Å². The molecule has 5 fully saturated rings. The Kier molecular flexibility index (Phi) is 3.86. The van der Waals surface area contributed by atoms with Gasteiger partial charge >= 0.3 is 0 Å². The quantitative estimate of drug-likeness (QED) is 0.160. The Bertz CT molecular complexity index is 2690. The van der Waals surface area contributed by atoms with E-state index in [1.165, 1.54) is 119 Å². The summed E-state index contributed by atoms with van der Waals surface area (Å²) in [6.07, 6.45) is 17.6. The number of pyridine rings is 2. The Balaban J connectivity index is 1.21. The van der Waals surface area contributed by atoms with E-state index in [9.17, 15) is 4.79 Å². The number of hydrogen-bond acceptors (Lipinski definition) is 4. The molecule has 7 unspecified atom stereocenters. The first-order valence-electron chi connectivity index (χ1n) is 18.5. The van der Waals surface area contributed by atoms with Crippen LogP contribution in [-0.4, -0.2) is 14.4 Å². The van der Waals surface area contributed by atoms with E-state index < -0.39 is 0 Å². The van der Waals surface area contributed by atoms with Gasteiger partial charge in [-0.05, 0) is 134 Å². The largest absolute Gasteiger partial charge is 0.456 e. The molecule has 5 heteroatoms. The van der Waals surface area contributed by atoms with E-state index in [2.05, 4.69) is 22.9 Å². The maximum Gasteiger partial charge on any atom is 0.201 e. The molecule has 5 aromatic heterocycles. The predicted octanol–water partition coefficient (Wildman–Crippen LogP) is 9.67. The molecule has 5 nitrogen and oxygen atoms in total. The predicted molar refractivity (Wildman–Crippen MR) is 184 cm³/mol. The molecule has 0 saturated heterocycles. The highest BCUT2D eigenvalue weighted by Gasteiger charge is 2.66. The summed E-state index contributed by atoms with van der Waals surface area (Å²) in [4.78, 5) is 25.5. The first-order chi connectivity index (χ1) is 23.1. The van der Waals surface area contributed by atoms with E-state index in [1.807, 2.05) is 24.3 Å². The fraction of sp³-hybridized carbons (Fsp3) is 0.452. The molecule has 5 saturated carbocycles. The second-order valence-corrected chi connectivity index (χ2v) is 17.4. The molecule has 0 aliphatic heterocycles. The second kappa shape index (κ2) is 7.51. The van der Waals surface area contributed by atoms with Gasteiger partial charge < -0.3 is 8.82 Å². The van der Waals surface area contributed by atoms with E-state index >= 15 is 0 Å². The lowest BCUT2D eigenvalue weighted by Crippen LogP contribution is -2.41. The van der Waals surface area contributed by atoms with Gasteiger partial charge in [0.05, 0.1) is 39.7 Å². The summed E-state index contributed by atoms with van der Waals surface area (Å²) in [7, 11) is 0. The molecule has 1 spiro atoms. The Hall–Kier alpha value is -3.99. The van der Waals surface area contributed by atoms with Gasteiger partial charge in [-0.15, -0.1) is 0 Å². The maximum atomic E-state index is 14.7. The van der Waals surface area contributed by atoms with Crippen LogP contribution in [0.5, 0.6) is 0 Å². The van der Waals surface area contributed by atoms with Crippen LogP contribution >= 0.6 is 0 Å². The molecule has 7 atom stereocenters. The van der Waals surface area contributed by atoms with E-state index in [1.54, 1.807) is 0 Å². The molecule has 15 rings (SSSR count). The van der Waals surface area contributed by atoms with Crippen LogP contribution in [0.1, 0.15) is 110 Å². The zero-order valence-corrected chi connectivity index (χ0v) is 26.4. The summed E-state index contributed by atoms with van der Waals surface area (Å²) >= 11 is 0. The van der Waals surface area contributed by atoms with Crippen LogP contribution in [-0.2, 0) is 0 Å². The van der Waals surface area contributed by atoms with Gasteiger partial charge in [0.25, 0.3) is 0 Å². The van der Waals surface area contributed by atoms with Gasteiger partial charge in [0, 0.05) is 44.8 Å². The van der Waals surface area contributed by atoms with Crippen LogP contribution in [0.4, 0.5) is 0 Å². The van der Waals surface area contributed by atoms with Gasteiger partial charge in [0.15, 0.2) is 0 Å². The highest BCUT2D eigenvalue weighted by Crippen LogP contribution is 2.76. The molecule has 0 radical (unpaired) electrons. The number of benzene rings is 2. The van der Waals surface area contributed by atoms with Crippen LogP contribution < -0.4 is 5.43 Å². The number of rotatable bonds is 0. The summed E-state index contributed by atoms with van der Waals surface area (Å²) in [6.45, 7) is 0. The number of hydrogen-bond donors (Lipinski definition) is 0. The van der Waals surface area contributed by atoms with Gasteiger partial charge in [0.2, 0.25) is 5.43 Å². The van der Waals surface area contributed by atoms with E-state index in [4.69, 9.17) is 14.4 Å². The first kappa shape index (κ1) is 24.2. The number of aromatic nitrogens is 3. The van der Waals surface area contributed by atoms with Crippen LogP contribution in [0.25, 0.3) is 60.0 Å². The van der Waals surface area contributed by atoms with Gasteiger partial charge in [0.1, 0.15) is 11.2 Å². The minimum atomic E-state index is 0.0974. The number of para-hydroxylation sites is 1. The van der Waals surface area contributed by atoms with Crippen molar-refractivity contribution in [3.63, 3.8) is 0 Å². The third-order valence-corrected chi connectivity index (χ3v) is 15.6. The van der Waals surface area contributed by atoms with E-state index in [-0.39, 0.29) is 5.43 Å². The lowest BCUT2D eigenvalue weighted by molar-refractivity contribution is 0.00321. The first-order valence-corrected chi connectivity index (χ1v) is 18.5. The SMILES string of the molecule is O=c1c2ccccc2oc2cc3c4c5c(ncc4n4c6cnc7c(c6c(c12)c34)C1CC2CC(CC7C2)C1)C1CC2CC3CC5CC23C1. The van der Waals surface area contributed by atoms with Crippen molar-refractivity contribution in [2.75, 3.05) is 0 Å². The van der Waals surface area contributed by atoms with Gasteiger partial charge in [-0.25, -0.2) is 0 Å². The molecular formula is C42H35N3O2. The highest BCUT2D eigenvalue weighted by atomic mass is 16.3. The van der Waals surface area contributed by atoms with Crippen molar-refractivity contribution in [1.29, 1.82) is 0 Å². The molecule has 8 aliphatic carbocycles. The average Bonchev–Trinajstić information content (AvgIpc) is 3.72. The fourth-order valence-corrected chi connectivity index (χ4v) is 14.3. The number of fused-ring (bicyclic) bond motifs is 15. The molecule has 5 heterocycles. The topological polar surface area (TPSA) is 60.4 Å². The molecule has 230 valence electrons. The lowest BCUT2D eigenvalue weighted by Gasteiger charge is -2.48. The summed E-state index contributed by atoms with van der Waals surface area (Å²) in [5.41, 5.74) is 11.4. The van der Waals surface area contributed by atoms with Crippen molar-refractivity contribution in [1.82, 2.24) is 14.4 Å². The van der Waals surface area contributed by atoms with Gasteiger partial charge in [-0.3, -0.25) is 14.8 Å². The molecule has 2 aromatic carbocycles. The van der Waals surface area contributed by atoms with Crippen LogP contribution in [0, 0.1) is 29.1 Å². The second-order valence-electron chi connectivity index (χ2n) is 17.4. The molecule has 8 aliphatic rings. The van der Waals surface area contributed by atoms with Crippen LogP contribution in [0.15, 0.2) is 51.9 Å². The van der Waals surface area contributed by atoms with E-state index in [0.29, 0.717) is 40.1 Å². The summed E-state index contributed by atoms with van der Waals surface area (Å²) in [5.74, 6) is 5.67. The average molecular weight is 614 g/mol. The zero-order chi connectivity index (χ0) is 30.1. The van der Waals surface area contributed by atoms with Crippen molar-refractivity contribution in [2.24, 2.45) is 29.1 Å². The summed E-state index contributed by atoms with van der Waals surface area (Å²) in [5, 5.41) is 6.49. The Morgan fingerprint density at radius 2 is 1.36 bits per heavy atom. The van der Waals surface area contributed by atoms with Crippen molar-refractivity contribution in [2.45, 2.75) is 87.9 Å². The molecule has 0 N–H and O–H groups in total. The molecule has 7 aromatic rings. The fourth-order valence-electron chi connectivity index (χ4n) is 14.3. The Labute approximate surface area is 270 Å². The van der Waals surface area contributed by atoms with Crippen molar-refractivity contribution in [3.05, 3.63) is 75.5 Å². The van der Waals surface area contributed by atoms with Gasteiger partial charge in [-0.1, -0.05) is 12.1 Å². The molecule has 7 bridgehead atoms. The molecule has 0 amide bonds. The lowest BCUT2D eigenvalue weighted by atomic mass is 9.56. The van der Waals surface area contributed by atoms with Gasteiger partial charge in [-0.2, -0.15) is 0 Å². The molecular weight excluding hydrogens is 578 g/mol. The normalized spacial score (nSPS) is 35.8. The summed E-state index contributed by atoms with van der Waals surface area (Å²) < 4.78 is 9.27. The van der Waals surface area contributed by atoms with Crippen molar-refractivity contribution in [3.8, 4) is 0 Å². The Morgan fingerprint density at radius 3 is 2.21 bits per heavy atom. The van der Waals surface area contributed by atoms with Crippen molar-refractivity contribution < 1.29 is 4.42 Å². The standard InChI is InChI=1S/C42H35N3O2/c46-41-26-3-1-2-4-30(26)47-31-13-27-34-28(16-44-39-23-11-25-12-24-10-22(33(34)39)14-42(24,25)15-23)45-29-17-43-38-21-8-18-5-19(9-21)7-20(6-18)32(38)35(29)37(36(31)41)40(27)45/h1-4,13,16-25H,5-12,14-15H2. The number of nitrogens with zero attached hydrogens (tertiary/aromatic N) is 3. The maximum absolute atomic E-state index is 14.7. The molecule has 47 heavy (non-hydrogen) atoms. The third kappa shape index (κ3) is 2.53. The van der Waals surface area contributed by atoms with Crippen molar-refractivity contribution >= 4 is 60.0 Å². The zero-order valence-electron chi connectivity index (χ0n) is 26.4. The van der Waals surface area contributed by atoms with E-state index in [0.717, 1.165) is 40.0 Å². The Morgan fingerprint density at radius 1 is 0.660 bits per heavy atom. The minimum absolute atomic E-state index is 0.0974. The monoisotopic (exact) mass is 613 g/mol.